The molecule has 0 unspecified atom stereocenters. The number of aromatic nitrogens is 3. The predicted octanol–water partition coefficient (Wildman–Crippen LogP) is 7.86. The summed E-state index contributed by atoms with van der Waals surface area (Å²) in [5, 5.41) is 4.34. The molecule has 0 aliphatic heterocycles. The minimum Gasteiger partial charge on any atom is -0.256 e. The summed E-state index contributed by atoms with van der Waals surface area (Å²) in [6.07, 6.45) is 6.45. The lowest BCUT2D eigenvalue weighted by Gasteiger charge is -2.14. The van der Waals surface area contributed by atoms with Crippen LogP contribution in [0.2, 0.25) is 0 Å². The van der Waals surface area contributed by atoms with E-state index < -0.39 is 0 Å². The summed E-state index contributed by atoms with van der Waals surface area (Å²) in [6.45, 7) is 0. The molecule has 0 amide bonds. The molecule has 172 valence electrons. The Kier molecular flexibility index (Phi) is 5.95. The third-order valence-electron chi connectivity index (χ3n) is 6.52. The van der Waals surface area contributed by atoms with Crippen LogP contribution >= 0.6 is 0 Å². The molecule has 6 rings (SSSR count). The number of nitrogens with zero attached hydrogens (tertiary/aromatic N) is 3. The average Bonchev–Trinajstić information content (AvgIpc) is 3.50. The molecule has 0 saturated carbocycles. The van der Waals surface area contributed by atoms with E-state index >= 15 is 0 Å². The van der Waals surface area contributed by atoms with Gasteiger partial charge in [0.05, 0.1) is 11.4 Å². The first kappa shape index (κ1) is 21.8. The van der Waals surface area contributed by atoms with Gasteiger partial charge in [-0.2, -0.15) is 5.10 Å². The quantitative estimate of drug-likeness (QED) is 0.252. The molecule has 2 heterocycles. The van der Waals surface area contributed by atoms with Gasteiger partial charge in [-0.25, -0.2) is 4.68 Å². The van der Waals surface area contributed by atoms with Gasteiger partial charge >= 0.3 is 0 Å². The normalized spacial score (nSPS) is 10.9. The van der Waals surface area contributed by atoms with Crippen LogP contribution in [0.3, 0.4) is 0 Å². The number of hydrogen-bond donors (Lipinski definition) is 0. The van der Waals surface area contributed by atoms with Gasteiger partial charge in [0.15, 0.2) is 0 Å². The molecule has 3 heteroatoms. The van der Waals surface area contributed by atoms with Crippen LogP contribution in [-0.4, -0.2) is 14.8 Å². The Balaban J connectivity index is 1.31. The van der Waals surface area contributed by atoms with Crippen molar-refractivity contribution in [2.45, 2.75) is 6.42 Å². The van der Waals surface area contributed by atoms with E-state index in [1.165, 1.54) is 33.4 Å². The fourth-order valence-electron chi connectivity index (χ4n) is 4.69. The minimum atomic E-state index is 0.856. The van der Waals surface area contributed by atoms with Crippen LogP contribution in [0.4, 0.5) is 0 Å². The summed E-state index contributed by atoms with van der Waals surface area (Å²) in [6, 6.07) is 42.6. The molecule has 0 radical (unpaired) electrons. The second kappa shape index (κ2) is 9.85. The maximum atomic E-state index is 4.48. The Morgan fingerprint density at radius 2 is 1.08 bits per heavy atom. The zero-order valence-electron chi connectivity index (χ0n) is 19.8. The van der Waals surface area contributed by atoms with Crippen LogP contribution in [0.1, 0.15) is 11.1 Å². The first-order chi connectivity index (χ1) is 17.8. The lowest BCUT2D eigenvalue weighted by Crippen LogP contribution is -1.96. The van der Waals surface area contributed by atoms with Crippen molar-refractivity contribution in [3.63, 3.8) is 0 Å². The van der Waals surface area contributed by atoms with Gasteiger partial charge in [0.2, 0.25) is 0 Å². The highest BCUT2D eigenvalue weighted by Gasteiger charge is 2.11. The third kappa shape index (κ3) is 4.47. The molecule has 6 aromatic rings. The van der Waals surface area contributed by atoms with Crippen molar-refractivity contribution in [2.75, 3.05) is 0 Å². The SMILES string of the molecule is c1ccc(-c2ccc(-c3ccccc3Cc3ccccc3-c3ccc(-n4cccn4)cc3)cc2)nc1. The summed E-state index contributed by atoms with van der Waals surface area (Å²) in [5.41, 5.74) is 10.7. The smallest absolute Gasteiger partial charge is 0.0701 e. The Bertz CT molecular complexity index is 1570. The molecule has 0 aliphatic carbocycles. The van der Waals surface area contributed by atoms with Crippen LogP contribution < -0.4 is 0 Å². The summed E-state index contributed by atoms with van der Waals surface area (Å²) in [4.78, 5) is 4.48. The van der Waals surface area contributed by atoms with Gasteiger partial charge in [-0.15, -0.1) is 0 Å². The van der Waals surface area contributed by atoms with E-state index in [1.807, 2.05) is 41.3 Å². The van der Waals surface area contributed by atoms with Crippen LogP contribution in [0.15, 0.2) is 140 Å². The van der Waals surface area contributed by atoms with E-state index in [9.17, 15) is 0 Å². The molecule has 4 aromatic carbocycles. The minimum absolute atomic E-state index is 0.856. The average molecular weight is 464 g/mol. The topological polar surface area (TPSA) is 30.7 Å². The highest BCUT2D eigenvalue weighted by Crippen LogP contribution is 2.31. The standard InChI is InChI=1S/C33H25N3/c1-3-10-31(25-13-15-27(16-14-25)33-12-5-6-21-34-33)28(8-1)24-29-9-2-4-11-32(29)26-17-19-30(20-18-26)36-23-7-22-35-36/h1-23H,24H2. The van der Waals surface area contributed by atoms with E-state index in [2.05, 4.69) is 107 Å². The largest absolute Gasteiger partial charge is 0.256 e. The zero-order valence-corrected chi connectivity index (χ0v) is 19.8. The number of hydrogen-bond acceptors (Lipinski definition) is 2. The highest BCUT2D eigenvalue weighted by molar-refractivity contribution is 5.73. The van der Waals surface area contributed by atoms with Crippen LogP contribution in [0.25, 0.3) is 39.2 Å². The van der Waals surface area contributed by atoms with E-state index in [0.717, 1.165) is 23.4 Å². The van der Waals surface area contributed by atoms with E-state index in [4.69, 9.17) is 0 Å². The first-order valence-corrected chi connectivity index (χ1v) is 12.1. The van der Waals surface area contributed by atoms with E-state index in [1.54, 1.807) is 6.20 Å². The zero-order chi connectivity index (χ0) is 24.2. The van der Waals surface area contributed by atoms with Crippen molar-refractivity contribution in [3.05, 3.63) is 151 Å². The monoisotopic (exact) mass is 463 g/mol. The number of rotatable bonds is 6. The van der Waals surface area contributed by atoms with Crippen molar-refractivity contribution in [3.8, 4) is 39.2 Å². The fraction of sp³-hybridized carbons (Fsp3) is 0.0303. The van der Waals surface area contributed by atoms with Crippen molar-refractivity contribution < 1.29 is 0 Å². The number of pyridine rings is 1. The molecule has 0 spiro atoms. The van der Waals surface area contributed by atoms with E-state index in [-0.39, 0.29) is 0 Å². The molecule has 2 aromatic heterocycles. The van der Waals surface area contributed by atoms with Gasteiger partial charge in [-0.3, -0.25) is 4.98 Å². The molecule has 0 saturated heterocycles. The Morgan fingerprint density at radius 1 is 0.500 bits per heavy atom. The van der Waals surface area contributed by atoms with E-state index in [0.29, 0.717) is 0 Å². The summed E-state index contributed by atoms with van der Waals surface area (Å²) >= 11 is 0. The molecule has 3 nitrogen and oxygen atoms in total. The molecular formula is C33H25N3. The Morgan fingerprint density at radius 3 is 1.67 bits per heavy atom. The maximum Gasteiger partial charge on any atom is 0.0701 e. The van der Waals surface area contributed by atoms with Gasteiger partial charge in [0.1, 0.15) is 0 Å². The van der Waals surface area contributed by atoms with Crippen LogP contribution in [0, 0.1) is 0 Å². The van der Waals surface area contributed by atoms with Crippen molar-refractivity contribution >= 4 is 0 Å². The Hall–Kier alpha value is -4.76. The lowest BCUT2D eigenvalue weighted by atomic mass is 9.90. The van der Waals surface area contributed by atoms with Gasteiger partial charge in [-0.05, 0) is 70.1 Å². The second-order valence-corrected chi connectivity index (χ2v) is 8.78. The summed E-state index contributed by atoms with van der Waals surface area (Å²) < 4.78 is 1.88. The second-order valence-electron chi connectivity index (χ2n) is 8.78. The summed E-state index contributed by atoms with van der Waals surface area (Å²) in [5.74, 6) is 0. The highest BCUT2D eigenvalue weighted by atomic mass is 15.3. The van der Waals surface area contributed by atoms with Gasteiger partial charge < -0.3 is 0 Å². The molecule has 0 fully saturated rings. The summed E-state index contributed by atoms with van der Waals surface area (Å²) in [7, 11) is 0. The molecule has 0 bridgehead atoms. The Labute approximate surface area is 211 Å². The van der Waals surface area contributed by atoms with Gasteiger partial charge in [-0.1, -0.05) is 91.0 Å². The molecule has 36 heavy (non-hydrogen) atoms. The van der Waals surface area contributed by atoms with Crippen molar-refractivity contribution in [1.29, 1.82) is 0 Å². The maximum absolute atomic E-state index is 4.48. The fourth-order valence-corrected chi connectivity index (χ4v) is 4.69. The first-order valence-electron chi connectivity index (χ1n) is 12.1. The van der Waals surface area contributed by atoms with Crippen LogP contribution in [-0.2, 0) is 6.42 Å². The van der Waals surface area contributed by atoms with Crippen molar-refractivity contribution in [2.24, 2.45) is 0 Å². The van der Waals surface area contributed by atoms with Gasteiger partial charge in [0, 0.05) is 24.2 Å². The predicted molar refractivity (Wildman–Crippen MR) is 147 cm³/mol. The third-order valence-corrected chi connectivity index (χ3v) is 6.52. The van der Waals surface area contributed by atoms with Crippen molar-refractivity contribution in [1.82, 2.24) is 14.8 Å². The molecular weight excluding hydrogens is 438 g/mol. The van der Waals surface area contributed by atoms with Crippen LogP contribution in [0.5, 0.6) is 0 Å². The lowest BCUT2D eigenvalue weighted by molar-refractivity contribution is 0.881. The molecule has 0 aliphatic rings. The number of benzene rings is 4. The molecule has 0 N–H and O–H groups in total. The molecule has 0 atom stereocenters. The van der Waals surface area contributed by atoms with Gasteiger partial charge in [0.25, 0.3) is 0 Å².